The van der Waals surface area contributed by atoms with Crippen LogP contribution in [0, 0.1) is 10.1 Å². The minimum absolute atomic E-state index is 0.0218. The van der Waals surface area contributed by atoms with E-state index in [-0.39, 0.29) is 16.6 Å². The first-order valence-electron chi connectivity index (χ1n) is 6.73. The lowest BCUT2D eigenvalue weighted by molar-refractivity contribution is -0.384. The van der Waals surface area contributed by atoms with Gasteiger partial charge < -0.3 is 0 Å². The van der Waals surface area contributed by atoms with Crippen LogP contribution < -0.4 is 4.72 Å². The highest BCUT2D eigenvalue weighted by atomic mass is 32.2. The lowest BCUT2D eigenvalue weighted by Crippen LogP contribution is -2.38. The third-order valence-electron chi connectivity index (χ3n) is 3.70. The van der Waals surface area contributed by atoms with E-state index in [1.165, 1.54) is 24.3 Å². The highest BCUT2D eigenvalue weighted by Crippen LogP contribution is 2.21. The Morgan fingerprint density at radius 3 is 2.73 bits per heavy atom. The molecule has 1 atom stereocenters. The number of nitro benzene ring substituents is 1. The molecule has 1 aromatic carbocycles. The van der Waals surface area contributed by atoms with E-state index in [1.807, 2.05) is 0 Å². The largest absolute Gasteiger partial charge is 0.282 e. The summed E-state index contributed by atoms with van der Waals surface area (Å²) in [5, 5.41) is 17.4. The summed E-state index contributed by atoms with van der Waals surface area (Å²) < 4.78 is 27.3. The maximum atomic E-state index is 12.3. The summed E-state index contributed by atoms with van der Waals surface area (Å²) in [5.41, 5.74) is 1.92. The standard InChI is InChI=1S/C13H14N4O4S/c18-17(19)11-3-5-12(6-4-11)22(20,21)16-10-2-1-9-8-14-15-13(9)7-10/h3-6,8,10,16H,1-2,7H2,(H,14,15). The van der Waals surface area contributed by atoms with Crippen molar-refractivity contribution in [2.45, 2.75) is 30.2 Å². The van der Waals surface area contributed by atoms with Crippen molar-refractivity contribution in [1.82, 2.24) is 14.9 Å². The van der Waals surface area contributed by atoms with Crippen molar-refractivity contribution in [1.29, 1.82) is 0 Å². The normalized spacial score (nSPS) is 17.9. The summed E-state index contributed by atoms with van der Waals surface area (Å²) in [6.07, 6.45) is 3.77. The zero-order chi connectivity index (χ0) is 15.7. The number of nitro groups is 1. The molecular formula is C13H14N4O4S. The van der Waals surface area contributed by atoms with Gasteiger partial charge in [0.25, 0.3) is 5.69 Å². The third-order valence-corrected chi connectivity index (χ3v) is 5.24. The van der Waals surface area contributed by atoms with Crippen molar-refractivity contribution in [3.05, 3.63) is 51.8 Å². The first kappa shape index (κ1) is 14.7. The number of hydrogen-bond acceptors (Lipinski definition) is 5. The van der Waals surface area contributed by atoms with Crippen molar-refractivity contribution in [2.75, 3.05) is 0 Å². The maximum Gasteiger partial charge on any atom is 0.269 e. The van der Waals surface area contributed by atoms with Crippen LogP contribution in [0.1, 0.15) is 17.7 Å². The number of sulfonamides is 1. The number of rotatable bonds is 4. The number of non-ortho nitro benzene ring substituents is 1. The molecule has 0 fully saturated rings. The van der Waals surface area contributed by atoms with Crippen LogP contribution in [0.5, 0.6) is 0 Å². The van der Waals surface area contributed by atoms with Gasteiger partial charge in [-0.15, -0.1) is 0 Å². The highest BCUT2D eigenvalue weighted by Gasteiger charge is 2.25. The zero-order valence-electron chi connectivity index (χ0n) is 11.5. The average molecular weight is 322 g/mol. The van der Waals surface area contributed by atoms with Gasteiger partial charge in [-0.25, -0.2) is 13.1 Å². The summed E-state index contributed by atoms with van der Waals surface area (Å²) in [7, 11) is -3.69. The fraction of sp³-hybridized carbons (Fsp3) is 0.308. The van der Waals surface area contributed by atoms with Crippen LogP contribution in [-0.2, 0) is 22.9 Å². The van der Waals surface area contributed by atoms with Crippen molar-refractivity contribution in [3.63, 3.8) is 0 Å². The van der Waals surface area contributed by atoms with Gasteiger partial charge in [0.15, 0.2) is 0 Å². The van der Waals surface area contributed by atoms with Gasteiger partial charge >= 0.3 is 0 Å². The molecular weight excluding hydrogens is 308 g/mol. The monoisotopic (exact) mass is 322 g/mol. The van der Waals surface area contributed by atoms with E-state index in [4.69, 9.17) is 0 Å². The fourth-order valence-electron chi connectivity index (χ4n) is 2.54. The predicted octanol–water partition coefficient (Wildman–Crippen LogP) is 1.15. The van der Waals surface area contributed by atoms with Gasteiger partial charge in [0, 0.05) is 30.3 Å². The first-order valence-corrected chi connectivity index (χ1v) is 8.22. The molecule has 2 N–H and O–H groups in total. The van der Waals surface area contributed by atoms with Crippen LogP contribution in [0.4, 0.5) is 5.69 Å². The first-order chi connectivity index (χ1) is 10.5. The number of aromatic amines is 1. The number of benzene rings is 1. The number of fused-ring (bicyclic) bond motifs is 1. The Labute approximate surface area is 126 Å². The van der Waals surface area contributed by atoms with E-state index < -0.39 is 14.9 Å². The molecule has 1 aliphatic carbocycles. The van der Waals surface area contributed by atoms with Crippen molar-refractivity contribution < 1.29 is 13.3 Å². The van der Waals surface area contributed by atoms with Gasteiger partial charge in [-0.1, -0.05) is 0 Å². The highest BCUT2D eigenvalue weighted by molar-refractivity contribution is 7.89. The molecule has 0 saturated heterocycles. The summed E-state index contributed by atoms with van der Waals surface area (Å²) >= 11 is 0. The number of nitrogens with one attached hydrogen (secondary N) is 2. The molecule has 0 spiro atoms. The Morgan fingerprint density at radius 1 is 1.32 bits per heavy atom. The molecule has 0 radical (unpaired) electrons. The van der Waals surface area contributed by atoms with E-state index in [9.17, 15) is 18.5 Å². The average Bonchev–Trinajstić information content (AvgIpc) is 2.94. The van der Waals surface area contributed by atoms with E-state index in [1.54, 1.807) is 6.20 Å². The van der Waals surface area contributed by atoms with Crippen molar-refractivity contribution >= 4 is 15.7 Å². The second-order valence-electron chi connectivity index (χ2n) is 5.19. The number of nitrogens with zero attached hydrogens (tertiary/aromatic N) is 2. The topological polar surface area (TPSA) is 118 Å². The molecule has 0 aliphatic heterocycles. The number of aryl methyl sites for hydroxylation is 1. The van der Waals surface area contributed by atoms with Gasteiger partial charge in [0.2, 0.25) is 10.0 Å². The molecule has 0 amide bonds. The number of aromatic nitrogens is 2. The van der Waals surface area contributed by atoms with Crippen LogP contribution in [0.15, 0.2) is 35.4 Å². The van der Waals surface area contributed by atoms with Gasteiger partial charge in [-0.05, 0) is 30.5 Å². The maximum absolute atomic E-state index is 12.3. The van der Waals surface area contributed by atoms with E-state index in [0.717, 1.165) is 17.7 Å². The zero-order valence-corrected chi connectivity index (χ0v) is 12.3. The van der Waals surface area contributed by atoms with Crippen LogP contribution in [0.3, 0.4) is 0 Å². The van der Waals surface area contributed by atoms with Crippen LogP contribution in [0.2, 0.25) is 0 Å². The SMILES string of the molecule is O=[N+]([O-])c1ccc(S(=O)(=O)NC2CCc3cn[nH]c3C2)cc1. The van der Waals surface area contributed by atoms with Crippen LogP contribution >= 0.6 is 0 Å². The molecule has 8 nitrogen and oxygen atoms in total. The Morgan fingerprint density at radius 2 is 2.05 bits per heavy atom. The Bertz CT molecular complexity index is 798. The minimum Gasteiger partial charge on any atom is -0.282 e. The number of H-pyrrole nitrogens is 1. The molecule has 116 valence electrons. The van der Waals surface area contributed by atoms with E-state index in [2.05, 4.69) is 14.9 Å². The molecule has 1 aliphatic rings. The fourth-order valence-corrected chi connectivity index (χ4v) is 3.81. The van der Waals surface area contributed by atoms with E-state index >= 15 is 0 Å². The molecule has 1 unspecified atom stereocenters. The molecule has 0 bridgehead atoms. The molecule has 3 rings (SSSR count). The third kappa shape index (κ3) is 2.85. The molecule has 22 heavy (non-hydrogen) atoms. The molecule has 1 aromatic heterocycles. The van der Waals surface area contributed by atoms with Gasteiger partial charge in [0.05, 0.1) is 16.0 Å². The summed E-state index contributed by atoms with van der Waals surface area (Å²) in [5.74, 6) is 0. The quantitative estimate of drug-likeness (QED) is 0.646. The Hall–Kier alpha value is -2.26. The molecule has 1 heterocycles. The summed E-state index contributed by atoms with van der Waals surface area (Å²) in [4.78, 5) is 10.1. The van der Waals surface area contributed by atoms with Gasteiger partial charge in [-0.2, -0.15) is 5.10 Å². The second kappa shape index (κ2) is 5.50. The Balaban J connectivity index is 1.75. The lowest BCUT2D eigenvalue weighted by Gasteiger charge is -2.22. The predicted molar refractivity (Wildman–Crippen MR) is 77.8 cm³/mol. The Kier molecular flexibility index (Phi) is 3.67. The van der Waals surface area contributed by atoms with Gasteiger partial charge in [0.1, 0.15) is 0 Å². The molecule has 0 saturated carbocycles. The minimum atomic E-state index is -3.69. The number of hydrogen-bond donors (Lipinski definition) is 2. The molecule has 9 heteroatoms. The van der Waals surface area contributed by atoms with Crippen molar-refractivity contribution in [2.24, 2.45) is 0 Å². The summed E-state index contributed by atoms with van der Waals surface area (Å²) in [6, 6.07) is 4.63. The second-order valence-corrected chi connectivity index (χ2v) is 6.90. The van der Waals surface area contributed by atoms with E-state index in [0.29, 0.717) is 12.8 Å². The molecule has 2 aromatic rings. The van der Waals surface area contributed by atoms with Crippen molar-refractivity contribution in [3.8, 4) is 0 Å². The summed E-state index contributed by atoms with van der Waals surface area (Å²) in [6.45, 7) is 0. The van der Waals surface area contributed by atoms with Crippen LogP contribution in [0.25, 0.3) is 0 Å². The van der Waals surface area contributed by atoms with Crippen LogP contribution in [-0.4, -0.2) is 29.6 Å². The smallest absolute Gasteiger partial charge is 0.269 e. The van der Waals surface area contributed by atoms with Gasteiger partial charge in [-0.3, -0.25) is 15.2 Å². The lowest BCUT2D eigenvalue weighted by atomic mass is 9.95.